The standard InChI is InChI=1S/C16H27N3O10/c20-12(21)7-17(3-1-5-18(8-13(22)23)9-14(24)25)4-2-6-19(10-15(26)27)11-16(28)29/h1-11H2,(H,20,21)(H,22,23)(H,24,25)(H,26,27)(H,28,29). The van der Waals surface area contributed by atoms with Crippen molar-refractivity contribution in [2.75, 3.05) is 58.9 Å². The summed E-state index contributed by atoms with van der Waals surface area (Å²) in [5, 5.41) is 44.2. The van der Waals surface area contributed by atoms with Gasteiger partial charge in [0.15, 0.2) is 0 Å². The molecular formula is C16H27N3O10. The Morgan fingerprint density at radius 1 is 0.414 bits per heavy atom. The molecule has 0 saturated heterocycles. The van der Waals surface area contributed by atoms with Gasteiger partial charge in [0.25, 0.3) is 0 Å². The van der Waals surface area contributed by atoms with Crippen LogP contribution in [0.2, 0.25) is 0 Å². The van der Waals surface area contributed by atoms with Gasteiger partial charge < -0.3 is 25.5 Å². The molecular weight excluding hydrogens is 394 g/mol. The van der Waals surface area contributed by atoms with Gasteiger partial charge in [-0.3, -0.25) is 38.7 Å². The fourth-order valence-electron chi connectivity index (χ4n) is 2.69. The second-order valence-electron chi connectivity index (χ2n) is 6.37. The van der Waals surface area contributed by atoms with Gasteiger partial charge in [-0.25, -0.2) is 0 Å². The molecule has 0 bridgehead atoms. The normalized spacial score (nSPS) is 11.1. The van der Waals surface area contributed by atoms with Crippen LogP contribution in [-0.2, 0) is 24.0 Å². The minimum absolute atomic E-state index is 0.138. The van der Waals surface area contributed by atoms with E-state index in [2.05, 4.69) is 0 Å². The van der Waals surface area contributed by atoms with E-state index in [0.29, 0.717) is 12.8 Å². The van der Waals surface area contributed by atoms with Crippen molar-refractivity contribution in [3.05, 3.63) is 0 Å². The summed E-state index contributed by atoms with van der Waals surface area (Å²) in [4.78, 5) is 58.1. The highest BCUT2D eigenvalue weighted by Gasteiger charge is 2.17. The summed E-state index contributed by atoms with van der Waals surface area (Å²) in [6.45, 7) is -1.35. The van der Waals surface area contributed by atoms with Gasteiger partial charge in [-0.05, 0) is 25.9 Å². The molecule has 0 fully saturated rings. The molecule has 0 aliphatic rings. The number of carbonyl (C=O) groups is 5. The molecule has 0 amide bonds. The maximum Gasteiger partial charge on any atom is 0.317 e. The second-order valence-corrected chi connectivity index (χ2v) is 6.37. The molecule has 0 aliphatic heterocycles. The van der Waals surface area contributed by atoms with Gasteiger partial charge in [-0.1, -0.05) is 0 Å². The van der Waals surface area contributed by atoms with Crippen molar-refractivity contribution in [1.82, 2.24) is 14.7 Å². The van der Waals surface area contributed by atoms with Crippen LogP contribution in [0.25, 0.3) is 0 Å². The van der Waals surface area contributed by atoms with Crippen LogP contribution in [0, 0.1) is 0 Å². The van der Waals surface area contributed by atoms with Crippen molar-refractivity contribution >= 4 is 29.8 Å². The minimum atomic E-state index is -1.18. The molecule has 0 rings (SSSR count). The van der Waals surface area contributed by atoms with E-state index in [1.165, 1.54) is 9.80 Å². The first-order chi connectivity index (χ1) is 13.5. The van der Waals surface area contributed by atoms with Crippen LogP contribution in [0.15, 0.2) is 0 Å². The van der Waals surface area contributed by atoms with Crippen LogP contribution < -0.4 is 0 Å². The number of rotatable bonds is 18. The Bertz CT molecular complexity index is 509. The van der Waals surface area contributed by atoms with E-state index in [9.17, 15) is 24.0 Å². The van der Waals surface area contributed by atoms with Crippen LogP contribution >= 0.6 is 0 Å². The van der Waals surface area contributed by atoms with Crippen molar-refractivity contribution in [2.24, 2.45) is 0 Å². The molecule has 5 N–H and O–H groups in total. The first kappa shape index (κ1) is 26.2. The first-order valence-electron chi connectivity index (χ1n) is 8.75. The highest BCUT2D eigenvalue weighted by molar-refractivity contribution is 5.73. The van der Waals surface area contributed by atoms with Gasteiger partial charge in [-0.2, -0.15) is 0 Å². The third-order valence-electron chi connectivity index (χ3n) is 3.69. The van der Waals surface area contributed by atoms with Crippen molar-refractivity contribution in [3.63, 3.8) is 0 Å². The molecule has 13 heteroatoms. The molecule has 0 radical (unpaired) electrons. The molecule has 0 aromatic rings. The smallest absolute Gasteiger partial charge is 0.317 e. The fourth-order valence-corrected chi connectivity index (χ4v) is 2.69. The Morgan fingerprint density at radius 3 is 0.862 bits per heavy atom. The van der Waals surface area contributed by atoms with Gasteiger partial charge in [0.1, 0.15) is 0 Å². The van der Waals surface area contributed by atoms with Gasteiger partial charge in [0.2, 0.25) is 0 Å². The van der Waals surface area contributed by atoms with Crippen molar-refractivity contribution in [1.29, 1.82) is 0 Å². The van der Waals surface area contributed by atoms with E-state index in [0.717, 1.165) is 0 Å². The number of hydrogen-bond acceptors (Lipinski definition) is 8. The van der Waals surface area contributed by atoms with Gasteiger partial charge in [0, 0.05) is 13.1 Å². The van der Waals surface area contributed by atoms with E-state index < -0.39 is 56.0 Å². The molecule has 0 unspecified atom stereocenters. The van der Waals surface area contributed by atoms with E-state index in [4.69, 9.17) is 25.5 Å². The summed E-state index contributed by atoms with van der Waals surface area (Å²) in [6, 6.07) is 0. The topological polar surface area (TPSA) is 196 Å². The maximum atomic E-state index is 11.0. The van der Waals surface area contributed by atoms with Crippen LogP contribution in [-0.4, -0.2) is 129 Å². The van der Waals surface area contributed by atoms with E-state index >= 15 is 0 Å². The molecule has 0 spiro atoms. The van der Waals surface area contributed by atoms with Crippen molar-refractivity contribution in [2.45, 2.75) is 12.8 Å². The monoisotopic (exact) mass is 421 g/mol. The van der Waals surface area contributed by atoms with E-state index in [-0.39, 0.29) is 32.7 Å². The first-order valence-corrected chi connectivity index (χ1v) is 8.75. The predicted octanol–water partition coefficient (Wildman–Crippen LogP) is -1.90. The van der Waals surface area contributed by atoms with Crippen molar-refractivity contribution < 1.29 is 49.5 Å². The Balaban J connectivity index is 4.61. The van der Waals surface area contributed by atoms with Crippen molar-refractivity contribution in [3.8, 4) is 0 Å². The van der Waals surface area contributed by atoms with Gasteiger partial charge >= 0.3 is 29.8 Å². The Morgan fingerprint density at radius 2 is 0.621 bits per heavy atom. The highest BCUT2D eigenvalue weighted by atomic mass is 16.4. The molecule has 13 nitrogen and oxygen atoms in total. The van der Waals surface area contributed by atoms with E-state index in [1.807, 2.05) is 0 Å². The number of carboxylic acid groups (broad SMARTS) is 5. The van der Waals surface area contributed by atoms with Gasteiger partial charge in [-0.15, -0.1) is 0 Å². The predicted molar refractivity (Wildman–Crippen MR) is 96.7 cm³/mol. The molecule has 166 valence electrons. The quantitative estimate of drug-likeness (QED) is 0.165. The zero-order chi connectivity index (χ0) is 22.4. The highest BCUT2D eigenvalue weighted by Crippen LogP contribution is 2.00. The number of nitrogens with zero attached hydrogens (tertiary/aromatic N) is 3. The number of aliphatic carboxylic acids is 5. The maximum absolute atomic E-state index is 11.0. The number of carboxylic acids is 5. The lowest BCUT2D eigenvalue weighted by Crippen LogP contribution is -2.39. The second kappa shape index (κ2) is 14.3. The van der Waals surface area contributed by atoms with Crippen LogP contribution in [0.4, 0.5) is 0 Å². The summed E-state index contributed by atoms with van der Waals surface area (Å²) in [6.07, 6.45) is 0.642. The largest absolute Gasteiger partial charge is 0.480 e. The lowest BCUT2D eigenvalue weighted by molar-refractivity contribution is -0.143. The summed E-state index contributed by atoms with van der Waals surface area (Å²) < 4.78 is 0. The Labute approximate surface area is 166 Å². The number of hydrogen-bond donors (Lipinski definition) is 5. The van der Waals surface area contributed by atoms with Crippen LogP contribution in [0.1, 0.15) is 12.8 Å². The van der Waals surface area contributed by atoms with E-state index in [1.54, 1.807) is 4.90 Å². The minimum Gasteiger partial charge on any atom is -0.480 e. The third-order valence-corrected chi connectivity index (χ3v) is 3.69. The molecule has 0 heterocycles. The summed E-state index contributed by atoms with van der Waals surface area (Å²) >= 11 is 0. The zero-order valence-corrected chi connectivity index (χ0v) is 15.9. The molecule has 0 saturated carbocycles. The average molecular weight is 421 g/mol. The summed E-state index contributed by atoms with van der Waals surface area (Å²) in [5.74, 6) is -5.79. The molecule has 0 aromatic carbocycles. The lowest BCUT2D eigenvalue weighted by Gasteiger charge is -2.24. The Kier molecular flexibility index (Phi) is 12.9. The van der Waals surface area contributed by atoms with Gasteiger partial charge in [0.05, 0.1) is 32.7 Å². The average Bonchev–Trinajstić information content (AvgIpc) is 2.51. The SMILES string of the molecule is O=C(O)CN(CCCN(CC(=O)O)CC(=O)O)CCCN(CC(=O)O)CC(=O)O. The molecule has 0 aromatic heterocycles. The van der Waals surface area contributed by atoms with Crippen LogP contribution in [0.3, 0.4) is 0 Å². The van der Waals surface area contributed by atoms with Crippen LogP contribution in [0.5, 0.6) is 0 Å². The summed E-state index contributed by atoms with van der Waals surface area (Å²) in [7, 11) is 0. The zero-order valence-electron chi connectivity index (χ0n) is 15.9. The third kappa shape index (κ3) is 15.9. The molecule has 0 aliphatic carbocycles. The fraction of sp³-hybridized carbons (Fsp3) is 0.688. The Hall–Kier alpha value is -2.77. The molecule has 29 heavy (non-hydrogen) atoms. The lowest BCUT2D eigenvalue weighted by atomic mass is 10.3. The summed E-state index contributed by atoms with van der Waals surface area (Å²) in [5.41, 5.74) is 0. The molecule has 0 atom stereocenters.